The average molecular weight is 759 g/mol. The Kier molecular flexibility index (Phi) is 7.33. The fraction of sp³-hybridized carbons (Fsp3) is 0. The largest absolute Gasteiger partial charge is 0.455 e. The van der Waals surface area contributed by atoms with Crippen LogP contribution in [0.3, 0.4) is 0 Å². The predicted octanol–water partition coefficient (Wildman–Crippen LogP) is 14.2. The first-order valence-corrected chi connectivity index (χ1v) is 20.1. The zero-order valence-electron chi connectivity index (χ0n) is 30.9. The van der Waals surface area contributed by atoms with E-state index >= 15 is 0 Å². The average Bonchev–Trinajstić information content (AvgIpc) is 3.87. The second-order valence-electron chi connectivity index (χ2n) is 14.5. The van der Waals surface area contributed by atoms with Gasteiger partial charge in [-0.1, -0.05) is 158 Å². The van der Waals surface area contributed by atoms with Crippen LogP contribution in [0.2, 0.25) is 0 Å². The van der Waals surface area contributed by atoms with E-state index in [1.165, 1.54) is 20.2 Å². The second kappa shape index (κ2) is 13.0. The van der Waals surface area contributed by atoms with Crippen LogP contribution in [0.5, 0.6) is 0 Å². The molecule has 0 amide bonds. The Bertz CT molecular complexity index is 3570. The standard InChI is InChI=1S/C52H30N4OS/c1-2-13-33(14-3-1)50-54-51(56-52(55-50)43-22-12-21-39-37-17-8-10-23-44(37)57-48(39)43)41-30-29-34(35-15-4-5-16-36(35)41)31-25-27-32(28-26-31)46-38-18-6-7-19-40(38)49-47(53-46)42-20-9-11-24-45(42)58-49/h1-30H. The van der Waals surface area contributed by atoms with Crippen LogP contribution >= 0.6 is 11.3 Å². The topological polar surface area (TPSA) is 64.7 Å². The zero-order valence-corrected chi connectivity index (χ0v) is 31.7. The molecule has 270 valence electrons. The van der Waals surface area contributed by atoms with Gasteiger partial charge in [-0.05, 0) is 46.2 Å². The number of furan rings is 1. The number of rotatable bonds is 5. The number of hydrogen-bond acceptors (Lipinski definition) is 6. The Labute approximate surface area is 336 Å². The van der Waals surface area contributed by atoms with Crippen molar-refractivity contribution in [2.24, 2.45) is 0 Å². The van der Waals surface area contributed by atoms with Crippen LogP contribution in [0.25, 0.3) is 120 Å². The van der Waals surface area contributed by atoms with E-state index in [0.717, 1.165) is 82.7 Å². The molecule has 0 saturated heterocycles. The fourth-order valence-corrected chi connectivity index (χ4v) is 9.60. The first-order chi connectivity index (χ1) is 28.7. The molecule has 4 aromatic heterocycles. The monoisotopic (exact) mass is 758 g/mol. The minimum atomic E-state index is 0.562. The number of aromatic nitrogens is 4. The number of benzene rings is 8. The van der Waals surface area contributed by atoms with E-state index < -0.39 is 0 Å². The molecule has 8 aromatic carbocycles. The van der Waals surface area contributed by atoms with E-state index in [1.54, 1.807) is 0 Å². The molecule has 5 nitrogen and oxygen atoms in total. The third-order valence-electron chi connectivity index (χ3n) is 11.2. The highest BCUT2D eigenvalue weighted by Crippen LogP contribution is 2.42. The normalized spacial score (nSPS) is 11.8. The molecule has 58 heavy (non-hydrogen) atoms. The summed E-state index contributed by atoms with van der Waals surface area (Å²) in [7, 11) is 0. The Morgan fingerprint density at radius 1 is 0.345 bits per heavy atom. The van der Waals surface area contributed by atoms with E-state index in [9.17, 15) is 0 Å². The lowest BCUT2D eigenvalue weighted by Crippen LogP contribution is -2.01. The Balaban J connectivity index is 0.995. The van der Waals surface area contributed by atoms with Crippen LogP contribution in [-0.2, 0) is 0 Å². The molecule has 12 aromatic rings. The van der Waals surface area contributed by atoms with Crippen molar-refractivity contribution < 1.29 is 4.42 Å². The fourth-order valence-electron chi connectivity index (χ4n) is 8.41. The predicted molar refractivity (Wildman–Crippen MR) is 240 cm³/mol. The van der Waals surface area contributed by atoms with Gasteiger partial charge in [0.15, 0.2) is 17.5 Å². The summed E-state index contributed by atoms with van der Waals surface area (Å²) in [5.74, 6) is 1.77. The lowest BCUT2D eigenvalue weighted by molar-refractivity contribution is 0.669. The maximum atomic E-state index is 6.45. The molecule has 4 heterocycles. The summed E-state index contributed by atoms with van der Waals surface area (Å²) in [5, 5.41) is 7.86. The summed E-state index contributed by atoms with van der Waals surface area (Å²) >= 11 is 1.82. The van der Waals surface area contributed by atoms with Gasteiger partial charge in [-0.15, -0.1) is 11.3 Å². The molecule has 0 aliphatic heterocycles. The smallest absolute Gasteiger partial charge is 0.167 e. The molecule has 0 aliphatic rings. The molecule has 0 unspecified atom stereocenters. The van der Waals surface area contributed by atoms with Gasteiger partial charge < -0.3 is 4.42 Å². The van der Waals surface area contributed by atoms with Crippen LogP contribution in [-0.4, -0.2) is 19.9 Å². The van der Waals surface area contributed by atoms with Gasteiger partial charge in [0.1, 0.15) is 11.2 Å². The molecule has 0 aliphatic carbocycles. The van der Waals surface area contributed by atoms with Gasteiger partial charge in [0, 0.05) is 48.3 Å². The van der Waals surface area contributed by atoms with Crippen molar-refractivity contribution in [3.63, 3.8) is 0 Å². The first kappa shape index (κ1) is 32.7. The lowest BCUT2D eigenvalue weighted by Gasteiger charge is -2.14. The number of pyridine rings is 1. The number of para-hydroxylation sites is 2. The molecule has 12 rings (SSSR count). The van der Waals surface area contributed by atoms with E-state index in [1.807, 2.05) is 72.0 Å². The summed E-state index contributed by atoms with van der Waals surface area (Å²) in [6, 6.07) is 63.3. The highest BCUT2D eigenvalue weighted by molar-refractivity contribution is 7.26. The van der Waals surface area contributed by atoms with Gasteiger partial charge in [0.25, 0.3) is 0 Å². The van der Waals surface area contributed by atoms with Crippen LogP contribution < -0.4 is 0 Å². The molecule has 0 radical (unpaired) electrons. The highest BCUT2D eigenvalue weighted by atomic mass is 32.1. The molecule has 0 bridgehead atoms. The highest BCUT2D eigenvalue weighted by Gasteiger charge is 2.20. The van der Waals surface area contributed by atoms with Crippen LogP contribution in [0.1, 0.15) is 0 Å². The second-order valence-corrected chi connectivity index (χ2v) is 15.6. The molecular weight excluding hydrogens is 729 g/mol. The van der Waals surface area contributed by atoms with Crippen LogP contribution in [0.15, 0.2) is 186 Å². The van der Waals surface area contributed by atoms with Crippen LogP contribution in [0, 0.1) is 0 Å². The number of hydrogen-bond donors (Lipinski definition) is 0. The first-order valence-electron chi connectivity index (χ1n) is 19.3. The maximum absolute atomic E-state index is 6.45. The van der Waals surface area contributed by atoms with E-state index in [4.69, 9.17) is 24.4 Å². The van der Waals surface area contributed by atoms with Crippen molar-refractivity contribution in [2.45, 2.75) is 0 Å². The van der Waals surface area contributed by atoms with Gasteiger partial charge in [-0.2, -0.15) is 0 Å². The molecule has 0 atom stereocenters. The van der Waals surface area contributed by atoms with Gasteiger partial charge in [-0.25, -0.2) is 19.9 Å². The minimum absolute atomic E-state index is 0.562. The van der Waals surface area contributed by atoms with E-state index in [0.29, 0.717) is 17.5 Å². The summed E-state index contributed by atoms with van der Waals surface area (Å²) in [5.41, 5.74) is 9.66. The summed E-state index contributed by atoms with van der Waals surface area (Å²) in [4.78, 5) is 20.7. The number of nitrogens with zero attached hydrogens (tertiary/aromatic N) is 4. The molecule has 6 heteroatoms. The SMILES string of the molecule is c1ccc(-c2nc(-c3ccc(-c4ccc(-c5nc6c7ccccc7sc6c6ccccc56)cc4)c4ccccc34)nc(-c3cccc4c3oc3ccccc34)n2)cc1. The summed E-state index contributed by atoms with van der Waals surface area (Å²) in [6.07, 6.45) is 0. The molecular formula is C52H30N4OS. The number of fused-ring (bicyclic) bond motifs is 9. The summed E-state index contributed by atoms with van der Waals surface area (Å²) in [6.45, 7) is 0. The van der Waals surface area contributed by atoms with E-state index in [-0.39, 0.29) is 0 Å². The molecule has 0 saturated carbocycles. The van der Waals surface area contributed by atoms with E-state index in [2.05, 4.69) is 121 Å². The lowest BCUT2D eigenvalue weighted by atomic mass is 9.93. The van der Waals surface area contributed by atoms with Crippen molar-refractivity contribution >= 4 is 75.1 Å². The summed E-state index contributed by atoms with van der Waals surface area (Å²) < 4.78 is 8.94. The van der Waals surface area contributed by atoms with Crippen molar-refractivity contribution in [1.82, 2.24) is 19.9 Å². The number of thiophene rings is 1. The molecule has 0 fully saturated rings. The van der Waals surface area contributed by atoms with Crippen molar-refractivity contribution in [2.75, 3.05) is 0 Å². The van der Waals surface area contributed by atoms with Gasteiger partial charge in [0.2, 0.25) is 0 Å². The van der Waals surface area contributed by atoms with Crippen LogP contribution in [0.4, 0.5) is 0 Å². The van der Waals surface area contributed by atoms with Crippen molar-refractivity contribution in [1.29, 1.82) is 0 Å². The van der Waals surface area contributed by atoms with Gasteiger partial charge in [-0.3, -0.25) is 0 Å². The molecule has 0 spiro atoms. The minimum Gasteiger partial charge on any atom is -0.455 e. The van der Waals surface area contributed by atoms with Gasteiger partial charge in [0.05, 0.1) is 21.5 Å². The third-order valence-corrected chi connectivity index (χ3v) is 12.4. The maximum Gasteiger partial charge on any atom is 0.167 e. The zero-order chi connectivity index (χ0) is 38.2. The van der Waals surface area contributed by atoms with Gasteiger partial charge >= 0.3 is 0 Å². The quantitative estimate of drug-likeness (QED) is 0.175. The van der Waals surface area contributed by atoms with Crippen molar-refractivity contribution in [3.05, 3.63) is 182 Å². The third kappa shape index (κ3) is 5.16. The Morgan fingerprint density at radius 3 is 1.74 bits per heavy atom. The Hall–Kier alpha value is -7.54. The van der Waals surface area contributed by atoms with Crippen molar-refractivity contribution in [3.8, 4) is 56.5 Å². The Morgan fingerprint density at radius 2 is 0.931 bits per heavy atom. The molecule has 0 N–H and O–H groups in total.